The Morgan fingerprint density at radius 1 is 1.44 bits per heavy atom. The van der Waals surface area contributed by atoms with Crippen molar-refractivity contribution in [2.24, 2.45) is 0 Å². The van der Waals surface area contributed by atoms with Crippen LogP contribution in [0.4, 0.5) is 0 Å². The second-order valence-corrected chi connectivity index (χ2v) is 4.48. The van der Waals surface area contributed by atoms with Gasteiger partial charge in [-0.25, -0.2) is 0 Å². The molecular weight excluding hydrogens is 200 g/mol. The highest BCUT2D eigenvalue weighted by atomic mass is 16.5. The molecule has 0 amide bonds. The van der Waals surface area contributed by atoms with Crippen LogP contribution in [-0.4, -0.2) is 19.0 Å². The van der Waals surface area contributed by atoms with Crippen molar-refractivity contribution in [1.82, 2.24) is 0 Å². The van der Waals surface area contributed by atoms with Gasteiger partial charge >= 0.3 is 0 Å². The topological polar surface area (TPSA) is 26.3 Å². The lowest BCUT2D eigenvalue weighted by Gasteiger charge is -2.15. The minimum Gasteiger partial charge on any atom is -0.374 e. The molecule has 16 heavy (non-hydrogen) atoms. The molecule has 2 heteroatoms. The van der Waals surface area contributed by atoms with E-state index in [-0.39, 0.29) is 0 Å². The smallest absolute Gasteiger partial charge is 0.120 e. The van der Waals surface area contributed by atoms with E-state index in [2.05, 4.69) is 13.0 Å². The number of carbonyl (C=O) groups is 1. The number of rotatable bonds is 9. The van der Waals surface area contributed by atoms with E-state index in [0.29, 0.717) is 12.5 Å². The summed E-state index contributed by atoms with van der Waals surface area (Å²) in [6.07, 6.45) is 12.5. The Kier molecular flexibility index (Phi) is 7.15. The third-order valence-corrected chi connectivity index (χ3v) is 3.10. The molecule has 0 aromatic heterocycles. The minimum atomic E-state index is 0.350. The number of aldehydes is 1. The molecule has 0 saturated carbocycles. The minimum absolute atomic E-state index is 0.350. The number of carbonyl (C=O) groups excluding carboxylic acids is 1. The van der Waals surface area contributed by atoms with Crippen molar-refractivity contribution in [2.45, 2.75) is 64.4 Å². The van der Waals surface area contributed by atoms with Gasteiger partial charge in [0.2, 0.25) is 0 Å². The molecule has 0 saturated heterocycles. The molecule has 1 rings (SSSR count). The van der Waals surface area contributed by atoms with Gasteiger partial charge in [-0.05, 0) is 37.7 Å². The summed E-state index contributed by atoms with van der Waals surface area (Å²) in [5, 5.41) is 0. The van der Waals surface area contributed by atoms with Gasteiger partial charge in [0, 0.05) is 13.0 Å². The van der Waals surface area contributed by atoms with Crippen LogP contribution in [0.15, 0.2) is 11.6 Å². The van der Waals surface area contributed by atoms with Crippen molar-refractivity contribution in [3.05, 3.63) is 11.6 Å². The number of hydrogen-bond acceptors (Lipinski definition) is 2. The first-order valence-electron chi connectivity index (χ1n) is 6.62. The van der Waals surface area contributed by atoms with Crippen LogP contribution < -0.4 is 0 Å². The molecule has 0 unspecified atom stereocenters. The largest absolute Gasteiger partial charge is 0.374 e. The molecule has 1 atom stereocenters. The average molecular weight is 224 g/mol. The fourth-order valence-electron chi connectivity index (χ4n) is 2.16. The summed E-state index contributed by atoms with van der Waals surface area (Å²) in [5.74, 6) is 0. The maximum atomic E-state index is 10.2. The van der Waals surface area contributed by atoms with Gasteiger partial charge in [0.1, 0.15) is 6.29 Å². The predicted octanol–water partition coefficient (Wildman–Crippen LogP) is 3.65. The molecule has 1 aliphatic rings. The lowest BCUT2D eigenvalue weighted by atomic mass is 10.1. The highest BCUT2D eigenvalue weighted by Crippen LogP contribution is 2.26. The molecule has 0 aliphatic heterocycles. The molecule has 0 aromatic rings. The fraction of sp³-hybridized carbons (Fsp3) is 0.786. The summed E-state index contributed by atoms with van der Waals surface area (Å²) in [4.78, 5) is 10.2. The van der Waals surface area contributed by atoms with Crippen LogP contribution >= 0.6 is 0 Å². The summed E-state index contributed by atoms with van der Waals surface area (Å²) in [5.41, 5.74) is 1.50. The normalized spacial score (nSPS) is 19.8. The predicted molar refractivity (Wildman–Crippen MR) is 66.5 cm³/mol. The number of ether oxygens (including phenoxy) is 1. The Balaban J connectivity index is 2.15. The summed E-state index contributed by atoms with van der Waals surface area (Å²) in [6.45, 7) is 2.96. The summed E-state index contributed by atoms with van der Waals surface area (Å²) in [6, 6.07) is 0. The van der Waals surface area contributed by atoms with Crippen molar-refractivity contribution in [1.29, 1.82) is 0 Å². The zero-order valence-corrected chi connectivity index (χ0v) is 10.4. The molecule has 2 nitrogen and oxygen atoms in total. The van der Waals surface area contributed by atoms with Crippen LogP contribution in [0, 0.1) is 0 Å². The number of allylic oxidation sites excluding steroid dienone is 1. The zero-order chi connectivity index (χ0) is 11.6. The maximum absolute atomic E-state index is 10.2. The summed E-state index contributed by atoms with van der Waals surface area (Å²) >= 11 is 0. The third kappa shape index (κ3) is 4.93. The SMILES string of the molecule is CCCCCC1=CCC[C@H]1OCCCC=O. The van der Waals surface area contributed by atoms with Crippen molar-refractivity contribution in [3.8, 4) is 0 Å². The van der Waals surface area contributed by atoms with E-state index in [0.717, 1.165) is 25.7 Å². The van der Waals surface area contributed by atoms with Gasteiger partial charge in [0.15, 0.2) is 0 Å². The fourth-order valence-corrected chi connectivity index (χ4v) is 2.16. The molecule has 0 N–H and O–H groups in total. The lowest BCUT2D eigenvalue weighted by Crippen LogP contribution is -2.13. The Morgan fingerprint density at radius 3 is 3.06 bits per heavy atom. The monoisotopic (exact) mass is 224 g/mol. The van der Waals surface area contributed by atoms with Crippen LogP contribution in [0.5, 0.6) is 0 Å². The number of unbranched alkanes of at least 4 members (excludes halogenated alkanes) is 3. The molecule has 0 bridgehead atoms. The second-order valence-electron chi connectivity index (χ2n) is 4.48. The Morgan fingerprint density at radius 2 is 2.31 bits per heavy atom. The first-order chi connectivity index (χ1) is 7.88. The highest BCUT2D eigenvalue weighted by Gasteiger charge is 2.18. The highest BCUT2D eigenvalue weighted by molar-refractivity contribution is 5.48. The van der Waals surface area contributed by atoms with Crippen LogP contribution in [0.3, 0.4) is 0 Å². The van der Waals surface area contributed by atoms with Crippen molar-refractivity contribution >= 4 is 6.29 Å². The standard InChI is InChI=1S/C14H24O2/c1-2-3-4-8-13-9-7-10-14(13)16-12-6-5-11-15/h9,11,14H,2-8,10,12H2,1H3/t14-/m1/s1. The molecule has 0 spiro atoms. The summed E-state index contributed by atoms with van der Waals surface area (Å²) in [7, 11) is 0. The molecule has 0 aromatic carbocycles. The molecular formula is C14H24O2. The van der Waals surface area contributed by atoms with E-state index in [1.165, 1.54) is 37.7 Å². The van der Waals surface area contributed by atoms with Crippen LogP contribution in [0.2, 0.25) is 0 Å². The molecule has 1 aliphatic carbocycles. The molecule has 0 fully saturated rings. The third-order valence-electron chi connectivity index (χ3n) is 3.10. The molecule has 0 radical (unpaired) electrons. The summed E-state index contributed by atoms with van der Waals surface area (Å²) < 4.78 is 5.82. The van der Waals surface area contributed by atoms with E-state index in [9.17, 15) is 4.79 Å². The number of hydrogen-bond donors (Lipinski definition) is 0. The van der Waals surface area contributed by atoms with Crippen LogP contribution in [-0.2, 0) is 9.53 Å². The van der Waals surface area contributed by atoms with Crippen molar-refractivity contribution < 1.29 is 9.53 Å². The first kappa shape index (κ1) is 13.4. The van der Waals surface area contributed by atoms with Crippen LogP contribution in [0.1, 0.15) is 58.3 Å². The van der Waals surface area contributed by atoms with E-state index in [1.807, 2.05) is 0 Å². The average Bonchev–Trinajstić information content (AvgIpc) is 2.73. The molecule has 0 heterocycles. The van der Waals surface area contributed by atoms with Gasteiger partial charge in [-0.1, -0.05) is 25.8 Å². The van der Waals surface area contributed by atoms with E-state index in [4.69, 9.17) is 4.74 Å². The van der Waals surface area contributed by atoms with Gasteiger partial charge < -0.3 is 9.53 Å². The van der Waals surface area contributed by atoms with Crippen molar-refractivity contribution in [3.63, 3.8) is 0 Å². The Bertz CT molecular complexity index is 221. The van der Waals surface area contributed by atoms with Crippen LogP contribution in [0.25, 0.3) is 0 Å². The maximum Gasteiger partial charge on any atom is 0.120 e. The van der Waals surface area contributed by atoms with Gasteiger partial charge in [-0.3, -0.25) is 0 Å². The van der Waals surface area contributed by atoms with Gasteiger partial charge in [0.05, 0.1) is 6.10 Å². The first-order valence-corrected chi connectivity index (χ1v) is 6.62. The Labute approximate surface area is 99.1 Å². The van der Waals surface area contributed by atoms with Gasteiger partial charge in [-0.15, -0.1) is 0 Å². The van der Waals surface area contributed by atoms with Crippen molar-refractivity contribution in [2.75, 3.05) is 6.61 Å². The van der Waals surface area contributed by atoms with E-state index >= 15 is 0 Å². The van der Waals surface area contributed by atoms with Gasteiger partial charge in [0.25, 0.3) is 0 Å². The van der Waals surface area contributed by atoms with E-state index < -0.39 is 0 Å². The second kappa shape index (κ2) is 8.51. The van der Waals surface area contributed by atoms with E-state index in [1.54, 1.807) is 0 Å². The quantitative estimate of drug-likeness (QED) is 0.339. The lowest BCUT2D eigenvalue weighted by molar-refractivity contribution is -0.108. The van der Waals surface area contributed by atoms with Gasteiger partial charge in [-0.2, -0.15) is 0 Å². The zero-order valence-electron chi connectivity index (χ0n) is 10.4. The Hall–Kier alpha value is -0.630. The molecule has 92 valence electrons.